The molecule has 0 spiro atoms. The van der Waals surface area contributed by atoms with Crippen molar-refractivity contribution in [2.24, 2.45) is 0 Å². The molecule has 0 saturated heterocycles. The first kappa shape index (κ1) is 11.2. The Labute approximate surface area is 96.2 Å². The van der Waals surface area contributed by atoms with Gasteiger partial charge in [-0.05, 0) is 30.7 Å². The lowest BCUT2D eigenvalue weighted by molar-refractivity contribution is 0.0949. The van der Waals surface area contributed by atoms with Gasteiger partial charge in [-0.3, -0.25) is 4.79 Å². The second-order valence-corrected chi connectivity index (χ2v) is 3.47. The fourth-order valence-electron chi connectivity index (χ4n) is 1.39. The zero-order chi connectivity index (χ0) is 12.3. The van der Waals surface area contributed by atoms with E-state index in [4.69, 9.17) is 0 Å². The summed E-state index contributed by atoms with van der Waals surface area (Å²) < 4.78 is 12.9. The second kappa shape index (κ2) is 4.69. The zero-order valence-corrected chi connectivity index (χ0v) is 9.07. The highest BCUT2D eigenvalue weighted by molar-refractivity contribution is 5.95. The van der Waals surface area contributed by atoms with Gasteiger partial charge < -0.3 is 5.32 Å². The molecule has 1 amide bonds. The average Bonchev–Trinajstić information content (AvgIpc) is 2.78. The molecule has 88 valence electrons. The van der Waals surface area contributed by atoms with Gasteiger partial charge in [0.05, 0.1) is 6.54 Å². The van der Waals surface area contributed by atoms with Crippen LogP contribution in [0.15, 0.2) is 18.2 Å². The molecule has 2 rings (SSSR count). The van der Waals surface area contributed by atoms with Crippen LogP contribution in [0, 0.1) is 12.7 Å². The van der Waals surface area contributed by atoms with Gasteiger partial charge in [0.15, 0.2) is 5.82 Å². The highest BCUT2D eigenvalue weighted by Crippen LogP contribution is 2.09. The van der Waals surface area contributed by atoms with Gasteiger partial charge in [0.2, 0.25) is 0 Å². The normalized spacial score (nSPS) is 10.2. The minimum absolute atomic E-state index is 0.173. The van der Waals surface area contributed by atoms with Crippen LogP contribution in [-0.2, 0) is 6.54 Å². The average molecular weight is 235 g/mol. The SMILES string of the molecule is Cc1cc(F)ccc1C(=O)NCc1nn[nH]n1. The first-order chi connectivity index (χ1) is 8.16. The molecule has 0 radical (unpaired) electrons. The van der Waals surface area contributed by atoms with Gasteiger partial charge in [0.25, 0.3) is 5.91 Å². The number of nitrogens with zero attached hydrogens (tertiary/aromatic N) is 3. The topological polar surface area (TPSA) is 83.6 Å². The number of hydrogen-bond acceptors (Lipinski definition) is 4. The minimum Gasteiger partial charge on any atom is -0.345 e. The van der Waals surface area contributed by atoms with E-state index in [1.165, 1.54) is 18.2 Å². The van der Waals surface area contributed by atoms with Gasteiger partial charge in [-0.15, -0.1) is 10.2 Å². The minimum atomic E-state index is -0.364. The largest absolute Gasteiger partial charge is 0.345 e. The number of benzene rings is 1. The van der Waals surface area contributed by atoms with Crippen LogP contribution in [-0.4, -0.2) is 26.5 Å². The summed E-state index contributed by atoms with van der Waals surface area (Å²) in [5, 5.41) is 15.7. The van der Waals surface area contributed by atoms with E-state index in [0.29, 0.717) is 17.0 Å². The third-order valence-corrected chi connectivity index (χ3v) is 2.23. The maximum atomic E-state index is 12.9. The fourth-order valence-corrected chi connectivity index (χ4v) is 1.39. The Morgan fingerprint density at radius 2 is 2.35 bits per heavy atom. The van der Waals surface area contributed by atoms with E-state index in [1.54, 1.807) is 6.92 Å². The smallest absolute Gasteiger partial charge is 0.251 e. The van der Waals surface area contributed by atoms with Crippen LogP contribution >= 0.6 is 0 Å². The van der Waals surface area contributed by atoms with Crippen molar-refractivity contribution in [2.75, 3.05) is 0 Å². The number of tetrazole rings is 1. The van der Waals surface area contributed by atoms with Crippen molar-refractivity contribution in [3.05, 3.63) is 41.0 Å². The van der Waals surface area contributed by atoms with E-state index < -0.39 is 0 Å². The van der Waals surface area contributed by atoms with Gasteiger partial charge in [0.1, 0.15) is 5.82 Å². The van der Waals surface area contributed by atoms with Crippen molar-refractivity contribution in [1.29, 1.82) is 0 Å². The highest BCUT2D eigenvalue weighted by atomic mass is 19.1. The summed E-state index contributed by atoms with van der Waals surface area (Å²) in [6, 6.07) is 4.00. The number of halogens is 1. The molecule has 0 aliphatic heterocycles. The van der Waals surface area contributed by atoms with Crippen LogP contribution in [0.5, 0.6) is 0 Å². The molecule has 0 bridgehead atoms. The summed E-state index contributed by atoms with van der Waals surface area (Å²) in [6.45, 7) is 1.85. The summed E-state index contributed by atoms with van der Waals surface area (Å²) >= 11 is 0. The van der Waals surface area contributed by atoms with Crippen molar-refractivity contribution in [2.45, 2.75) is 13.5 Å². The Bertz CT molecular complexity index is 525. The highest BCUT2D eigenvalue weighted by Gasteiger charge is 2.10. The molecule has 6 nitrogen and oxygen atoms in total. The Morgan fingerprint density at radius 3 is 3.00 bits per heavy atom. The molecule has 2 N–H and O–H groups in total. The van der Waals surface area contributed by atoms with Crippen molar-refractivity contribution < 1.29 is 9.18 Å². The lowest BCUT2D eigenvalue weighted by Gasteiger charge is -2.05. The first-order valence-electron chi connectivity index (χ1n) is 4.93. The fraction of sp³-hybridized carbons (Fsp3) is 0.200. The molecular formula is C10H10FN5O. The molecule has 0 aliphatic carbocycles. The Morgan fingerprint density at radius 1 is 1.53 bits per heavy atom. The molecule has 0 fully saturated rings. The number of aryl methyl sites for hydroxylation is 1. The number of nitrogens with one attached hydrogen (secondary N) is 2. The maximum absolute atomic E-state index is 12.9. The van der Waals surface area contributed by atoms with Crippen molar-refractivity contribution >= 4 is 5.91 Å². The summed E-state index contributed by atoms with van der Waals surface area (Å²) in [4.78, 5) is 11.8. The number of aromatic amines is 1. The van der Waals surface area contributed by atoms with Crippen LogP contribution in [0.1, 0.15) is 21.7 Å². The molecule has 2 aromatic rings. The molecule has 0 aliphatic rings. The van der Waals surface area contributed by atoms with Crippen molar-refractivity contribution in [3.63, 3.8) is 0 Å². The van der Waals surface area contributed by atoms with Gasteiger partial charge in [-0.2, -0.15) is 5.21 Å². The van der Waals surface area contributed by atoms with E-state index >= 15 is 0 Å². The quantitative estimate of drug-likeness (QED) is 0.815. The summed E-state index contributed by atoms with van der Waals surface area (Å²) in [5.41, 5.74) is 1.01. The van der Waals surface area contributed by atoms with Crippen LogP contribution in [0.3, 0.4) is 0 Å². The molecule has 0 unspecified atom stereocenters. The van der Waals surface area contributed by atoms with Crippen LogP contribution < -0.4 is 5.32 Å². The summed E-state index contributed by atoms with van der Waals surface area (Å²) in [7, 11) is 0. The van der Waals surface area contributed by atoms with Crippen molar-refractivity contribution in [3.8, 4) is 0 Å². The molecular weight excluding hydrogens is 225 g/mol. The molecule has 7 heteroatoms. The monoisotopic (exact) mass is 235 g/mol. The molecule has 0 atom stereocenters. The van der Waals surface area contributed by atoms with E-state index in [2.05, 4.69) is 25.9 Å². The number of H-pyrrole nitrogens is 1. The lowest BCUT2D eigenvalue weighted by Crippen LogP contribution is -2.24. The maximum Gasteiger partial charge on any atom is 0.251 e. The lowest BCUT2D eigenvalue weighted by atomic mass is 10.1. The number of aromatic nitrogens is 4. The third-order valence-electron chi connectivity index (χ3n) is 2.23. The van der Waals surface area contributed by atoms with Crippen LogP contribution in [0.25, 0.3) is 0 Å². The molecule has 0 saturated carbocycles. The molecule has 1 aromatic carbocycles. The van der Waals surface area contributed by atoms with Gasteiger partial charge in [-0.1, -0.05) is 5.21 Å². The number of carbonyl (C=O) groups excluding carboxylic acids is 1. The number of amides is 1. The van der Waals surface area contributed by atoms with Gasteiger partial charge in [-0.25, -0.2) is 4.39 Å². The molecule has 1 aromatic heterocycles. The number of rotatable bonds is 3. The van der Waals surface area contributed by atoms with E-state index in [0.717, 1.165) is 0 Å². The van der Waals surface area contributed by atoms with E-state index in [1.807, 2.05) is 0 Å². The second-order valence-electron chi connectivity index (χ2n) is 3.47. The number of carbonyl (C=O) groups is 1. The zero-order valence-electron chi connectivity index (χ0n) is 9.07. The van der Waals surface area contributed by atoms with E-state index in [9.17, 15) is 9.18 Å². The number of hydrogen-bond donors (Lipinski definition) is 2. The Kier molecular flexibility index (Phi) is 3.08. The van der Waals surface area contributed by atoms with Crippen LogP contribution in [0.2, 0.25) is 0 Å². The summed E-state index contributed by atoms with van der Waals surface area (Å²) in [5.74, 6) is -0.275. The Hall–Kier alpha value is -2.31. The first-order valence-corrected chi connectivity index (χ1v) is 4.93. The Balaban J connectivity index is 2.04. The van der Waals surface area contributed by atoms with E-state index in [-0.39, 0.29) is 18.3 Å². The molecule has 1 heterocycles. The predicted molar refractivity (Wildman–Crippen MR) is 56.5 cm³/mol. The predicted octanol–water partition coefficient (Wildman–Crippen LogP) is 0.577. The van der Waals surface area contributed by atoms with Gasteiger partial charge in [0, 0.05) is 5.56 Å². The van der Waals surface area contributed by atoms with Crippen LogP contribution in [0.4, 0.5) is 4.39 Å². The van der Waals surface area contributed by atoms with Gasteiger partial charge >= 0.3 is 0 Å². The standard InChI is InChI=1S/C10H10FN5O/c1-6-4-7(11)2-3-8(6)10(17)12-5-9-13-15-16-14-9/h2-4H,5H2,1H3,(H,12,17)(H,13,14,15,16). The van der Waals surface area contributed by atoms with Crippen molar-refractivity contribution in [1.82, 2.24) is 25.9 Å². The summed E-state index contributed by atoms with van der Waals surface area (Å²) in [6.07, 6.45) is 0. The third kappa shape index (κ3) is 2.63. The molecule has 17 heavy (non-hydrogen) atoms.